The lowest BCUT2D eigenvalue weighted by Gasteiger charge is -2.22. The highest BCUT2D eigenvalue weighted by Gasteiger charge is 2.28. The minimum Gasteiger partial charge on any atom is -0.465 e. The van der Waals surface area contributed by atoms with E-state index in [9.17, 15) is 19.2 Å². The molecule has 1 atom stereocenters. The van der Waals surface area contributed by atoms with Crippen LogP contribution in [0.2, 0.25) is 0 Å². The van der Waals surface area contributed by atoms with Crippen LogP contribution in [0, 0.1) is 0 Å². The normalized spacial score (nSPS) is 11.6. The van der Waals surface area contributed by atoms with Crippen LogP contribution in [0.3, 0.4) is 0 Å². The number of esters is 2. The third-order valence-corrected chi connectivity index (χ3v) is 4.96. The van der Waals surface area contributed by atoms with Gasteiger partial charge >= 0.3 is 17.6 Å². The van der Waals surface area contributed by atoms with Crippen LogP contribution in [0.25, 0.3) is 11.0 Å². The molecule has 1 unspecified atom stereocenters. The summed E-state index contributed by atoms with van der Waals surface area (Å²) in [6.45, 7) is 7.19. The number of hydrogen-bond donors (Lipinski definition) is 2. The maximum Gasteiger partial charge on any atom is 0.336 e. The van der Waals surface area contributed by atoms with E-state index in [1.54, 1.807) is 19.1 Å². The molecule has 1 heterocycles. The first kappa shape index (κ1) is 25.9. The third kappa shape index (κ3) is 7.04. The molecule has 1 aromatic heterocycles. The molecule has 0 saturated heterocycles. The number of rotatable bonds is 12. The second kappa shape index (κ2) is 12.6. The highest BCUT2D eigenvalue weighted by molar-refractivity contribution is 5.93. The Balaban J connectivity index is 2.48. The van der Waals surface area contributed by atoms with Crippen molar-refractivity contribution >= 4 is 34.5 Å². The van der Waals surface area contributed by atoms with Gasteiger partial charge in [0.25, 0.3) is 5.91 Å². The zero-order chi connectivity index (χ0) is 24.4. The zero-order valence-electron chi connectivity index (χ0n) is 19.2. The Morgan fingerprint density at radius 2 is 1.85 bits per heavy atom. The molecule has 3 N–H and O–H groups in total. The first-order chi connectivity index (χ1) is 15.8. The Morgan fingerprint density at radius 1 is 1.12 bits per heavy atom. The number of amides is 1. The van der Waals surface area contributed by atoms with Gasteiger partial charge in [-0.2, -0.15) is 0 Å². The molecule has 0 saturated carbocycles. The van der Waals surface area contributed by atoms with Gasteiger partial charge in [0, 0.05) is 48.3 Å². The molecule has 1 amide bonds. The summed E-state index contributed by atoms with van der Waals surface area (Å²) in [6.07, 6.45) is -1.08. The van der Waals surface area contributed by atoms with E-state index in [1.165, 1.54) is 0 Å². The predicted molar refractivity (Wildman–Crippen MR) is 123 cm³/mol. The van der Waals surface area contributed by atoms with Crippen LogP contribution in [0.5, 0.6) is 0 Å². The molecule has 0 bridgehead atoms. The first-order valence-corrected chi connectivity index (χ1v) is 11.0. The molecule has 0 fully saturated rings. The minimum absolute atomic E-state index is 0.00361. The van der Waals surface area contributed by atoms with E-state index in [-0.39, 0.29) is 30.7 Å². The molecule has 33 heavy (non-hydrogen) atoms. The molecule has 180 valence electrons. The van der Waals surface area contributed by atoms with Crippen molar-refractivity contribution in [2.45, 2.75) is 39.7 Å². The number of carbonyl (C=O) groups excluding carboxylic acids is 3. The number of ether oxygens (including phenoxy) is 2. The van der Waals surface area contributed by atoms with Crippen molar-refractivity contribution in [2.75, 3.05) is 37.7 Å². The van der Waals surface area contributed by atoms with E-state index in [4.69, 9.17) is 19.6 Å². The van der Waals surface area contributed by atoms with Crippen LogP contribution < -0.4 is 21.6 Å². The van der Waals surface area contributed by atoms with Crippen molar-refractivity contribution in [3.8, 4) is 0 Å². The van der Waals surface area contributed by atoms with Crippen LogP contribution in [0.4, 0.5) is 5.69 Å². The maximum absolute atomic E-state index is 12.9. The summed E-state index contributed by atoms with van der Waals surface area (Å²) in [4.78, 5) is 51.3. The van der Waals surface area contributed by atoms with Gasteiger partial charge in [-0.25, -0.2) is 4.79 Å². The number of fused-ring (bicyclic) bond motifs is 1. The molecule has 0 radical (unpaired) electrons. The van der Waals surface area contributed by atoms with Crippen molar-refractivity contribution < 1.29 is 28.3 Å². The van der Waals surface area contributed by atoms with E-state index in [2.05, 4.69) is 10.2 Å². The molecule has 2 rings (SSSR count). The lowest BCUT2D eigenvalue weighted by Crippen LogP contribution is -2.36. The third-order valence-electron chi connectivity index (χ3n) is 4.96. The smallest absolute Gasteiger partial charge is 0.336 e. The molecule has 10 nitrogen and oxygen atoms in total. The SMILES string of the molecule is CCOC(=O)CNC(=O)C(OC(=O)CCCN)c1cc(=O)oc2cc(N(CC)CC)ccc12. The molecule has 0 aliphatic heterocycles. The Kier molecular flexibility index (Phi) is 9.86. The Bertz CT molecular complexity index is 1030. The van der Waals surface area contributed by atoms with Crippen molar-refractivity contribution in [2.24, 2.45) is 5.73 Å². The van der Waals surface area contributed by atoms with Crippen molar-refractivity contribution in [1.29, 1.82) is 0 Å². The molecule has 0 aliphatic rings. The summed E-state index contributed by atoms with van der Waals surface area (Å²) in [6, 6.07) is 6.37. The summed E-state index contributed by atoms with van der Waals surface area (Å²) < 4.78 is 15.6. The molecule has 0 spiro atoms. The minimum atomic E-state index is -1.46. The number of carbonyl (C=O) groups is 3. The molecular formula is C23H31N3O7. The van der Waals surface area contributed by atoms with E-state index in [1.807, 2.05) is 19.9 Å². The topological polar surface area (TPSA) is 141 Å². The molecular weight excluding hydrogens is 430 g/mol. The van der Waals surface area contributed by atoms with E-state index in [0.29, 0.717) is 11.8 Å². The highest BCUT2D eigenvalue weighted by atomic mass is 16.5. The van der Waals surface area contributed by atoms with Gasteiger partial charge in [0.1, 0.15) is 12.1 Å². The summed E-state index contributed by atoms with van der Waals surface area (Å²) in [5.74, 6) is -2.05. The van der Waals surface area contributed by atoms with Crippen LogP contribution >= 0.6 is 0 Å². The van der Waals surface area contributed by atoms with Crippen molar-refractivity contribution in [3.05, 3.63) is 40.2 Å². The number of hydrogen-bond acceptors (Lipinski definition) is 9. The van der Waals surface area contributed by atoms with Crippen molar-refractivity contribution in [3.63, 3.8) is 0 Å². The Labute approximate surface area is 192 Å². The van der Waals surface area contributed by atoms with Gasteiger partial charge in [-0.15, -0.1) is 0 Å². The van der Waals surface area contributed by atoms with E-state index >= 15 is 0 Å². The second-order valence-corrected chi connectivity index (χ2v) is 7.16. The number of anilines is 1. The monoisotopic (exact) mass is 461 g/mol. The summed E-state index contributed by atoms with van der Waals surface area (Å²) in [5.41, 5.74) is 6.01. The fraction of sp³-hybridized carbons (Fsp3) is 0.478. The summed E-state index contributed by atoms with van der Waals surface area (Å²) in [5, 5.41) is 2.84. The highest BCUT2D eigenvalue weighted by Crippen LogP contribution is 2.29. The van der Waals surface area contributed by atoms with Gasteiger partial charge in [-0.3, -0.25) is 14.4 Å². The van der Waals surface area contributed by atoms with Crippen molar-refractivity contribution in [1.82, 2.24) is 5.32 Å². The van der Waals surface area contributed by atoms with Gasteiger partial charge in [0.2, 0.25) is 6.10 Å². The average molecular weight is 462 g/mol. The Morgan fingerprint density at radius 3 is 2.48 bits per heavy atom. The standard InChI is InChI=1S/C23H31N3O7/c1-4-26(5-2)15-9-10-16-17(13-20(28)32-18(16)12-15)22(33-19(27)8-7-11-24)23(30)25-14-21(29)31-6-3/h9-10,12-13,22H,4-8,11,14,24H2,1-3H3,(H,25,30). The molecule has 10 heteroatoms. The fourth-order valence-corrected chi connectivity index (χ4v) is 3.34. The Hall–Kier alpha value is -3.40. The van der Waals surface area contributed by atoms with Crippen LogP contribution in [-0.2, 0) is 23.9 Å². The molecule has 1 aromatic carbocycles. The van der Waals surface area contributed by atoms with Crippen LogP contribution in [0.1, 0.15) is 45.3 Å². The summed E-state index contributed by atoms with van der Waals surface area (Å²) >= 11 is 0. The van der Waals surface area contributed by atoms with Gasteiger partial charge in [0.15, 0.2) is 0 Å². The fourth-order valence-electron chi connectivity index (χ4n) is 3.34. The quantitative estimate of drug-likeness (QED) is 0.356. The lowest BCUT2D eigenvalue weighted by atomic mass is 10.0. The zero-order valence-corrected chi connectivity index (χ0v) is 19.2. The number of nitrogens with one attached hydrogen (secondary N) is 1. The van der Waals surface area contributed by atoms with Crippen LogP contribution in [0.15, 0.2) is 33.5 Å². The number of benzene rings is 1. The predicted octanol–water partition coefficient (Wildman–Crippen LogP) is 1.64. The average Bonchev–Trinajstić information content (AvgIpc) is 2.80. The van der Waals surface area contributed by atoms with Gasteiger partial charge in [0.05, 0.1) is 6.61 Å². The first-order valence-electron chi connectivity index (χ1n) is 11.0. The van der Waals surface area contributed by atoms with Gasteiger partial charge < -0.3 is 29.8 Å². The second-order valence-electron chi connectivity index (χ2n) is 7.16. The largest absolute Gasteiger partial charge is 0.465 e. The molecule has 0 aliphatic carbocycles. The van der Waals surface area contributed by atoms with Gasteiger partial charge in [-0.1, -0.05) is 0 Å². The van der Waals surface area contributed by atoms with Crippen LogP contribution in [-0.4, -0.2) is 50.6 Å². The molecule has 2 aromatic rings. The van der Waals surface area contributed by atoms with E-state index < -0.39 is 36.1 Å². The number of nitrogens with zero attached hydrogens (tertiary/aromatic N) is 1. The van der Waals surface area contributed by atoms with Gasteiger partial charge in [-0.05, 0) is 45.9 Å². The van der Waals surface area contributed by atoms with E-state index in [0.717, 1.165) is 24.8 Å². The maximum atomic E-state index is 12.9. The lowest BCUT2D eigenvalue weighted by molar-refractivity contribution is -0.157. The summed E-state index contributed by atoms with van der Waals surface area (Å²) in [7, 11) is 0. The number of nitrogens with two attached hydrogens (primary N) is 1.